The van der Waals surface area contributed by atoms with E-state index in [0.29, 0.717) is 19.2 Å². The molecule has 2 aliphatic rings. The van der Waals surface area contributed by atoms with E-state index in [9.17, 15) is 9.59 Å². The summed E-state index contributed by atoms with van der Waals surface area (Å²) in [4.78, 5) is 25.9. The second-order valence-corrected chi connectivity index (χ2v) is 4.52. The normalized spacial score (nSPS) is 24.0. The zero-order chi connectivity index (χ0) is 12.3. The topological polar surface area (TPSA) is 70.1 Å². The molecule has 2 rings (SSSR count). The number of carbonyl (C=O) groups is 2. The van der Waals surface area contributed by atoms with Crippen molar-refractivity contribution in [3.63, 3.8) is 0 Å². The van der Waals surface area contributed by atoms with Gasteiger partial charge in [0.15, 0.2) is 0 Å². The van der Waals surface area contributed by atoms with Crippen molar-refractivity contribution in [2.75, 3.05) is 32.8 Å². The van der Waals surface area contributed by atoms with Gasteiger partial charge in [0.05, 0.1) is 12.6 Å². The molecule has 1 N–H and O–H groups in total. The van der Waals surface area contributed by atoms with E-state index in [4.69, 9.17) is 9.84 Å². The SMILES string of the molecule is O=C(O)COCCN1CC2CCCCN2C1=O. The highest BCUT2D eigenvalue weighted by Crippen LogP contribution is 2.24. The fourth-order valence-electron chi connectivity index (χ4n) is 2.48. The van der Waals surface area contributed by atoms with E-state index in [2.05, 4.69) is 0 Å². The van der Waals surface area contributed by atoms with E-state index < -0.39 is 5.97 Å². The summed E-state index contributed by atoms with van der Waals surface area (Å²) in [7, 11) is 0. The Kier molecular flexibility index (Phi) is 3.83. The quantitative estimate of drug-likeness (QED) is 0.707. The number of piperidine rings is 1. The van der Waals surface area contributed by atoms with Crippen LogP contribution in [0.15, 0.2) is 0 Å². The summed E-state index contributed by atoms with van der Waals surface area (Å²) in [5.41, 5.74) is 0. The Bertz CT molecular complexity index is 308. The number of rotatable bonds is 5. The van der Waals surface area contributed by atoms with E-state index >= 15 is 0 Å². The third-order valence-electron chi connectivity index (χ3n) is 3.31. The highest BCUT2D eigenvalue weighted by Gasteiger charge is 2.37. The fourth-order valence-corrected chi connectivity index (χ4v) is 2.48. The standard InChI is InChI=1S/C11H18N2O4/c14-10(15)8-17-6-5-12-7-9-3-1-2-4-13(9)11(12)16/h9H,1-8H2,(H,14,15). The van der Waals surface area contributed by atoms with Crippen LogP contribution < -0.4 is 0 Å². The molecule has 1 unspecified atom stereocenters. The molecule has 0 aliphatic carbocycles. The summed E-state index contributed by atoms with van der Waals surface area (Å²) in [6, 6.07) is 0.435. The van der Waals surface area contributed by atoms with Gasteiger partial charge in [0.2, 0.25) is 0 Å². The summed E-state index contributed by atoms with van der Waals surface area (Å²) in [6.07, 6.45) is 3.36. The van der Waals surface area contributed by atoms with Crippen LogP contribution >= 0.6 is 0 Å². The first-order chi connectivity index (χ1) is 8.18. The molecule has 2 amide bonds. The van der Waals surface area contributed by atoms with Crippen LogP contribution in [0, 0.1) is 0 Å². The Labute approximate surface area is 100 Å². The fraction of sp³-hybridized carbons (Fsp3) is 0.818. The molecule has 96 valence electrons. The molecule has 0 aromatic heterocycles. The van der Waals surface area contributed by atoms with Crippen LogP contribution in [0.3, 0.4) is 0 Å². The minimum absolute atomic E-state index is 0.0774. The van der Waals surface area contributed by atoms with E-state index in [1.165, 1.54) is 6.42 Å². The lowest BCUT2D eigenvalue weighted by atomic mass is 10.0. The molecular weight excluding hydrogens is 224 g/mol. The molecule has 6 nitrogen and oxygen atoms in total. The van der Waals surface area contributed by atoms with Crippen molar-refractivity contribution in [2.24, 2.45) is 0 Å². The summed E-state index contributed by atoms with van der Waals surface area (Å²) in [5, 5.41) is 8.41. The molecular formula is C11H18N2O4. The number of nitrogens with zero attached hydrogens (tertiary/aromatic N) is 2. The summed E-state index contributed by atoms with van der Waals surface area (Å²) in [6.45, 7) is 2.10. The molecule has 0 saturated carbocycles. The van der Waals surface area contributed by atoms with Gasteiger partial charge in [-0.2, -0.15) is 0 Å². The first-order valence-corrected chi connectivity index (χ1v) is 6.03. The highest BCUT2D eigenvalue weighted by atomic mass is 16.5. The van der Waals surface area contributed by atoms with Crippen molar-refractivity contribution in [3.8, 4) is 0 Å². The number of amides is 2. The maximum atomic E-state index is 11.9. The van der Waals surface area contributed by atoms with Gasteiger partial charge in [-0.3, -0.25) is 0 Å². The number of aliphatic carboxylic acids is 1. The Hall–Kier alpha value is -1.30. The van der Waals surface area contributed by atoms with E-state index in [0.717, 1.165) is 25.9 Å². The Morgan fingerprint density at radius 1 is 1.47 bits per heavy atom. The monoisotopic (exact) mass is 242 g/mol. The number of hydrogen-bond donors (Lipinski definition) is 1. The number of ether oxygens (including phenoxy) is 1. The van der Waals surface area contributed by atoms with Gasteiger partial charge in [-0.05, 0) is 19.3 Å². The molecule has 17 heavy (non-hydrogen) atoms. The Morgan fingerprint density at radius 3 is 3.00 bits per heavy atom. The predicted molar refractivity (Wildman–Crippen MR) is 59.8 cm³/mol. The third-order valence-corrected chi connectivity index (χ3v) is 3.31. The molecule has 1 atom stereocenters. The largest absolute Gasteiger partial charge is 0.480 e. The maximum absolute atomic E-state index is 11.9. The number of hydrogen-bond acceptors (Lipinski definition) is 3. The zero-order valence-corrected chi connectivity index (χ0v) is 9.80. The van der Waals surface area contributed by atoms with Crippen LogP contribution in [0.5, 0.6) is 0 Å². The number of fused-ring (bicyclic) bond motifs is 1. The van der Waals surface area contributed by atoms with Crippen molar-refractivity contribution >= 4 is 12.0 Å². The molecule has 2 saturated heterocycles. The van der Waals surface area contributed by atoms with Gasteiger partial charge in [0.25, 0.3) is 0 Å². The van der Waals surface area contributed by atoms with Gasteiger partial charge in [0.1, 0.15) is 6.61 Å². The van der Waals surface area contributed by atoms with Gasteiger partial charge in [-0.25, -0.2) is 9.59 Å². The zero-order valence-electron chi connectivity index (χ0n) is 9.80. The second-order valence-electron chi connectivity index (χ2n) is 4.52. The molecule has 6 heteroatoms. The van der Waals surface area contributed by atoms with Crippen molar-refractivity contribution < 1.29 is 19.4 Å². The smallest absolute Gasteiger partial charge is 0.329 e. The van der Waals surface area contributed by atoms with Crippen LogP contribution in [-0.2, 0) is 9.53 Å². The average molecular weight is 242 g/mol. The Morgan fingerprint density at radius 2 is 2.29 bits per heavy atom. The van der Waals surface area contributed by atoms with Crippen LogP contribution in [0.4, 0.5) is 4.79 Å². The van der Waals surface area contributed by atoms with Gasteiger partial charge in [-0.1, -0.05) is 0 Å². The molecule has 2 aliphatic heterocycles. The molecule has 0 aromatic rings. The van der Waals surface area contributed by atoms with Crippen LogP contribution in [-0.4, -0.2) is 65.8 Å². The minimum atomic E-state index is -0.977. The first-order valence-electron chi connectivity index (χ1n) is 6.03. The van der Waals surface area contributed by atoms with Crippen LogP contribution in [0.25, 0.3) is 0 Å². The highest BCUT2D eigenvalue weighted by molar-refractivity contribution is 5.77. The molecule has 2 fully saturated rings. The number of urea groups is 1. The molecule has 0 aromatic carbocycles. The molecule has 2 heterocycles. The van der Waals surface area contributed by atoms with Crippen molar-refractivity contribution in [1.82, 2.24) is 9.80 Å². The summed E-state index contributed by atoms with van der Waals surface area (Å²) in [5.74, 6) is -0.977. The van der Waals surface area contributed by atoms with Crippen molar-refractivity contribution in [1.29, 1.82) is 0 Å². The van der Waals surface area contributed by atoms with Gasteiger partial charge >= 0.3 is 12.0 Å². The van der Waals surface area contributed by atoms with Gasteiger partial charge in [-0.15, -0.1) is 0 Å². The molecule has 0 radical (unpaired) electrons. The van der Waals surface area contributed by atoms with Crippen LogP contribution in [0.1, 0.15) is 19.3 Å². The lowest BCUT2D eigenvalue weighted by molar-refractivity contribution is -0.142. The number of carboxylic acid groups (broad SMARTS) is 1. The van der Waals surface area contributed by atoms with Crippen molar-refractivity contribution in [3.05, 3.63) is 0 Å². The number of carbonyl (C=O) groups excluding carboxylic acids is 1. The molecule has 0 bridgehead atoms. The molecule has 0 spiro atoms. The number of carboxylic acids is 1. The third kappa shape index (κ3) is 2.88. The van der Waals surface area contributed by atoms with E-state index in [-0.39, 0.29) is 12.6 Å². The van der Waals surface area contributed by atoms with Gasteiger partial charge < -0.3 is 19.6 Å². The van der Waals surface area contributed by atoms with E-state index in [1.54, 1.807) is 4.90 Å². The lowest BCUT2D eigenvalue weighted by Crippen LogP contribution is -2.38. The van der Waals surface area contributed by atoms with Crippen molar-refractivity contribution in [2.45, 2.75) is 25.3 Å². The first kappa shape index (κ1) is 12.2. The van der Waals surface area contributed by atoms with E-state index in [1.807, 2.05) is 4.90 Å². The van der Waals surface area contributed by atoms with Gasteiger partial charge in [0, 0.05) is 19.6 Å². The lowest BCUT2D eigenvalue weighted by Gasteiger charge is -2.27. The summed E-state index contributed by atoms with van der Waals surface area (Å²) >= 11 is 0. The Balaban J connectivity index is 1.74. The second kappa shape index (κ2) is 5.35. The summed E-state index contributed by atoms with van der Waals surface area (Å²) < 4.78 is 4.95. The average Bonchev–Trinajstić information content (AvgIpc) is 2.63. The minimum Gasteiger partial charge on any atom is -0.480 e. The maximum Gasteiger partial charge on any atom is 0.329 e. The van der Waals surface area contributed by atoms with Crippen LogP contribution in [0.2, 0.25) is 0 Å². The predicted octanol–water partition coefficient (Wildman–Crippen LogP) is 0.378.